The van der Waals surface area contributed by atoms with Crippen LogP contribution >= 0.6 is 0 Å². The first-order valence-corrected chi connectivity index (χ1v) is 9.07. The van der Waals surface area contributed by atoms with Gasteiger partial charge < -0.3 is 0 Å². The van der Waals surface area contributed by atoms with Crippen molar-refractivity contribution in [2.75, 3.05) is 0 Å². The summed E-state index contributed by atoms with van der Waals surface area (Å²) < 4.78 is 0. The Labute approximate surface area is 104 Å². The van der Waals surface area contributed by atoms with Crippen LogP contribution in [0.3, 0.4) is 0 Å². The molecule has 17 heavy (non-hydrogen) atoms. The molecule has 1 aromatic rings. The van der Waals surface area contributed by atoms with Gasteiger partial charge in [0.2, 0.25) is 0 Å². The summed E-state index contributed by atoms with van der Waals surface area (Å²) in [6.45, 7) is 11.6. The topological polar surface area (TPSA) is 43.1 Å². The third kappa shape index (κ3) is 3.39. The van der Waals surface area contributed by atoms with Crippen molar-refractivity contribution < 1.29 is 4.92 Å². The van der Waals surface area contributed by atoms with Gasteiger partial charge in [-0.3, -0.25) is 10.1 Å². The molecule has 0 unspecified atom stereocenters. The third-order valence-electron chi connectivity index (χ3n) is 3.82. The second-order valence-electron chi connectivity index (χ2n) is 6.23. The molecule has 4 heteroatoms. The van der Waals surface area contributed by atoms with Crippen molar-refractivity contribution in [3.8, 4) is 0 Å². The lowest BCUT2D eigenvalue weighted by atomic mass is 10.2. The van der Waals surface area contributed by atoms with E-state index in [0.29, 0.717) is 5.04 Å². The van der Waals surface area contributed by atoms with Crippen LogP contribution in [0.4, 0.5) is 5.69 Å². The van der Waals surface area contributed by atoms with Crippen molar-refractivity contribution >= 4 is 13.8 Å². The van der Waals surface area contributed by atoms with Crippen molar-refractivity contribution in [2.45, 2.75) is 44.9 Å². The highest BCUT2D eigenvalue weighted by molar-refractivity contribution is 6.79. The molecule has 0 saturated carbocycles. The number of hydrogen-bond acceptors (Lipinski definition) is 2. The first-order valence-electron chi connectivity index (χ1n) is 5.87. The summed E-state index contributed by atoms with van der Waals surface area (Å²) in [7, 11) is -1.36. The highest BCUT2D eigenvalue weighted by Crippen LogP contribution is 2.38. The van der Waals surface area contributed by atoms with Crippen LogP contribution in [0, 0.1) is 10.1 Å². The number of rotatable bonds is 3. The molecular formula is C13H21NO2Si. The van der Waals surface area contributed by atoms with Gasteiger partial charge >= 0.3 is 0 Å². The standard InChI is InChI=1S/C13H21NO2Si/c1-13(2,3)17(4,5)10-11-6-8-12(9-7-11)14(15)16/h6-9H,10H2,1-5H3. The van der Waals surface area contributed by atoms with Gasteiger partial charge in [-0.05, 0) is 11.1 Å². The maximum atomic E-state index is 10.6. The van der Waals surface area contributed by atoms with E-state index in [1.165, 1.54) is 5.56 Å². The van der Waals surface area contributed by atoms with Crippen LogP contribution in [-0.4, -0.2) is 13.0 Å². The monoisotopic (exact) mass is 251 g/mol. The fourth-order valence-electron chi connectivity index (χ4n) is 1.51. The van der Waals surface area contributed by atoms with Gasteiger partial charge in [0.05, 0.1) is 13.0 Å². The van der Waals surface area contributed by atoms with Crippen LogP contribution in [0.25, 0.3) is 0 Å². The van der Waals surface area contributed by atoms with Crippen LogP contribution in [0.1, 0.15) is 26.3 Å². The van der Waals surface area contributed by atoms with E-state index < -0.39 is 8.07 Å². The highest BCUT2D eigenvalue weighted by atomic mass is 28.3. The minimum Gasteiger partial charge on any atom is -0.258 e. The van der Waals surface area contributed by atoms with E-state index in [4.69, 9.17) is 0 Å². The van der Waals surface area contributed by atoms with E-state index in [0.717, 1.165) is 6.04 Å². The van der Waals surface area contributed by atoms with Crippen molar-refractivity contribution in [1.29, 1.82) is 0 Å². The van der Waals surface area contributed by atoms with E-state index in [2.05, 4.69) is 33.9 Å². The van der Waals surface area contributed by atoms with E-state index >= 15 is 0 Å². The fraction of sp³-hybridized carbons (Fsp3) is 0.538. The summed E-state index contributed by atoms with van der Waals surface area (Å²) in [5, 5.41) is 10.9. The molecule has 0 aliphatic heterocycles. The van der Waals surface area contributed by atoms with Crippen LogP contribution in [0.2, 0.25) is 18.1 Å². The normalized spacial score (nSPS) is 12.5. The molecule has 94 valence electrons. The lowest BCUT2D eigenvalue weighted by Crippen LogP contribution is -2.39. The third-order valence-corrected chi connectivity index (χ3v) is 9.18. The molecule has 0 amide bonds. The van der Waals surface area contributed by atoms with Crippen LogP contribution < -0.4 is 0 Å². The van der Waals surface area contributed by atoms with Crippen molar-refractivity contribution in [2.24, 2.45) is 0 Å². The minimum atomic E-state index is -1.36. The molecule has 0 saturated heterocycles. The zero-order chi connectivity index (χ0) is 13.3. The van der Waals surface area contributed by atoms with Crippen LogP contribution in [0.5, 0.6) is 0 Å². The molecule has 0 aliphatic carbocycles. The Morgan fingerprint density at radius 3 is 2.00 bits per heavy atom. The maximum Gasteiger partial charge on any atom is 0.269 e. The van der Waals surface area contributed by atoms with E-state index in [-0.39, 0.29) is 10.6 Å². The number of nitro benzene ring substituents is 1. The summed E-state index contributed by atoms with van der Waals surface area (Å²) in [5.41, 5.74) is 1.38. The Bertz CT molecular complexity index is 404. The molecule has 3 nitrogen and oxygen atoms in total. The summed E-state index contributed by atoms with van der Waals surface area (Å²) in [6, 6.07) is 8.04. The Morgan fingerprint density at radius 2 is 1.65 bits per heavy atom. The highest BCUT2D eigenvalue weighted by Gasteiger charge is 2.34. The molecular weight excluding hydrogens is 230 g/mol. The summed E-state index contributed by atoms with van der Waals surface area (Å²) in [4.78, 5) is 10.2. The van der Waals surface area contributed by atoms with Crippen molar-refractivity contribution in [3.05, 3.63) is 39.9 Å². The second-order valence-corrected chi connectivity index (χ2v) is 11.9. The quantitative estimate of drug-likeness (QED) is 0.459. The van der Waals surface area contributed by atoms with Gasteiger partial charge in [0.25, 0.3) is 5.69 Å². The molecule has 0 heterocycles. The SMILES string of the molecule is CC(C)(C)[Si](C)(C)Cc1ccc([N+](=O)[O-])cc1. The van der Waals surface area contributed by atoms with E-state index in [1.807, 2.05) is 12.1 Å². The average Bonchev–Trinajstić information content (AvgIpc) is 2.16. The molecule has 0 atom stereocenters. The number of nitro groups is 1. The fourth-order valence-corrected chi connectivity index (χ4v) is 3.30. The van der Waals surface area contributed by atoms with Crippen LogP contribution in [0.15, 0.2) is 24.3 Å². The summed E-state index contributed by atoms with van der Waals surface area (Å²) >= 11 is 0. The van der Waals surface area contributed by atoms with Gasteiger partial charge in [-0.25, -0.2) is 0 Å². The lowest BCUT2D eigenvalue weighted by Gasteiger charge is -2.37. The molecule has 0 N–H and O–H groups in total. The van der Waals surface area contributed by atoms with Crippen molar-refractivity contribution in [3.63, 3.8) is 0 Å². The largest absolute Gasteiger partial charge is 0.269 e. The minimum absolute atomic E-state index is 0.170. The zero-order valence-corrected chi connectivity index (χ0v) is 12.3. The number of nitrogens with zero attached hydrogens (tertiary/aromatic N) is 1. The van der Waals surface area contributed by atoms with E-state index in [1.54, 1.807) is 12.1 Å². The maximum absolute atomic E-state index is 10.6. The van der Waals surface area contributed by atoms with Crippen LogP contribution in [-0.2, 0) is 6.04 Å². The van der Waals surface area contributed by atoms with Gasteiger partial charge in [-0.2, -0.15) is 0 Å². The van der Waals surface area contributed by atoms with Gasteiger partial charge in [-0.1, -0.05) is 51.6 Å². The molecule has 1 aromatic carbocycles. The predicted octanol–water partition coefficient (Wildman–Crippen LogP) is 4.19. The summed E-state index contributed by atoms with van der Waals surface area (Å²) in [6.07, 6.45) is 0. The first-order chi connectivity index (χ1) is 7.63. The second kappa shape index (κ2) is 4.60. The lowest BCUT2D eigenvalue weighted by molar-refractivity contribution is -0.384. The van der Waals surface area contributed by atoms with Gasteiger partial charge in [-0.15, -0.1) is 0 Å². The Kier molecular flexibility index (Phi) is 3.77. The molecule has 0 aliphatic rings. The molecule has 0 fully saturated rings. The molecule has 0 aromatic heterocycles. The van der Waals surface area contributed by atoms with Crippen molar-refractivity contribution in [1.82, 2.24) is 0 Å². The number of benzene rings is 1. The average molecular weight is 251 g/mol. The molecule has 0 radical (unpaired) electrons. The Morgan fingerprint density at radius 1 is 1.18 bits per heavy atom. The molecule has 0 spiro atoms. The van der Waals surface area contributed by atoms with E-state index in [9.17, 15) is 10.1 Å². The molecule has 0 bridgehead atoms. The zero-order valence-electron chi connectivity index (χ0n) is 11.3. The first kappa shape index (κ1) is 13.9. The van der Waals surface area contributed by atoms with Gasteiger partial charge in [0.15, 0.2) is 0 Å². The Balaban J connectivity index is 2.86. The van der Waals surface area contributed by atoms with Gasteiger partial charge in [0.1, 0.15) is 0 Å². The summed E-state index contributed by atoms with van der Waals surface area (Å²) in [5.74, 6) is 0. The smallest absolute Gasteiger partial charge is 0.258 e. The predicted molar refractivity (Wildman–Crippen MR) is 74.0 cm³/mol. The molecule has 1 rings (SSSR count). The number of non-ortho nitro benzene ring substituents is 1. The number of hydrogen-bond donors (Lipinski definition) is 0. The van der Waals surface area contributed by atoms with Gasteiger partial charge in [0, 0.05) is 12.1 Å². The Hall–Kier alpha value is -1.16.